The van der Waals surface area contributed by atoms with E-state index >= 15 is 0 Å². The van der Waals surface area contributed by atoms with Gasteiger partial charge >= 0.3 is 0 Å². The van der Waals surface area contributed by atoms with Crippen LogP contribution in [0.3, 0.4) is 0 Å². The van der Waals surface area contributed by atoms with Crippen molar-refractivity contribution >= 4 is 0 Å². The van der Waals surface area contributed by atoms with E-state index < -0.39 is 0 Å². The van der Waals surface area contributed by atoms with Crippen LogP contribution in [0, 0.1) is 17.8 Å². The predicted molar refractivity (Wildman–Crippen MR) is 67.3 cm³/mol. The van der Waals surface area contributed by atoms with Crippen molar-refractivity contribution in [3.63, 3.8) is 0 Å². The fourth-order valence-electron chi connectivity index (χ4n) is 2.64. The van der Waals surface area contributed by atoms with Crippen molar-refractivity contribution in [3.8, 4) is 0 Å². The summed E-state index contributed by atoms with van der Waals surface area (Å²) in [4.78, 5) is 0. The van der Waals surface area contributed by atoms with Crippen LogP contribution in [-0.4, -0.2) is 0 Å². The van der Waals surface area contributed by atoms with Crippen molar-refractivity contribution in [3.05, 3.63) is 35.6 Å². The highest BCUT2D eigenvalue weighted by molar-refractivity contribution is 5.44. The van der Waals surface area contributed by atoms with Crippen molar-refractivity contribution in [1.29, 1.82) is 0 Å². The highest BCUT2D eigenvalue weighted by atomic mass is 14.6. The molecule has 0 saturated heterocycles. The van der Waals surface area contributed by atoms with E-state index in [1.807, 2.05) is 0 Å². The quantitative estimate of drug-likeness (QED) is 0.684. The molecule has 0 aliphatic heterocycles. The van der Waals surface area contributed by atoms with Crippen molar-refractivity contribution in [2.24, 2.45) is 23.5 Å². The van der Waals surface area contributed by atoms with E-state index in [0.29, 0.717) is 17.8 Å². The van der Waals surface area contributed by atoms with Crippen LogP contribution >= 0.6 is 0 Å². The Hall–Kier alpha value is -0.980. The van der Waals surface area contributed by atoms with Crippen LogP contribution in [0.1, 0.15) is 34.1 Å². The number of nitrogens with two attached hydrogens (primary N) is 1. The molecule has 1 aliphatic carbocycles. The molecule has 15 heavy (non-hydrogen) atoms. The summed E-state index contributed by atoms with van der Waals surface area (Å²) < 4.78 is 0. The molecule has 1 rings (SSSR count). The third-order valence-corrected chi connectivity index (χ3v) is 3.15. The smallest absolute Gasteiger partial charge is 0.0221 e. The van der Waals surface area contributed by atoms with Gasteiger partial charge in [0.1, 0.15) is 0 Å². The molecule has 1 aliphatic rings. The normalized spacial score (nSPS) is 23.2. The molecule has 1 unspecified atom stereocenters. The molecule has 0 radical (unpaired) electrons. The molecular weight excluding hydrogens is 182 g/mol. The molecule has 0 aromatic heterocycles. The maximum absolute atomic E-state index is 6.26. The predicted octanol–water partition coefficient (Wildman–Crippen LogP) is 3.64. The van der Waals surface area contributed by atoms with Crippen molar-refractivity contribution < 1.29 is 0 Å². The largest absolute Gasteiger partial charge is 0.401 e. The molecule has 2 N–H and O–H groups in total. The molecule has 0 fully saturated rings. The fourth-order valence-corrected chi connectivity index (χ4v) is 2.64. The molecule has 1 atom stereocenters. The highest BCUT2D eigenvalue weighted by Gasteiger charge is 2.29. The zero-order chi connectivity index (χ0) is 11.7. The third kappa shape index (κ3) is 2.17. The van der Waals surface area contributed by atoms with Crippen molar-refractivity contribution in [2.75, 3.05) is 0 Å². The summed E-state index contributed by atoms with van der Waals surface area (Å²) in [7, 11) is 0. The molecule has 84 valence electrons. The molecule has 0 amide bonds. The number of hydrogen-bond acceptors (Lipinski definition) is 1. The zero-order valence-corrected chi connectivity index (χ0v) is 10.4. The molecule has 0 aromatic rings. The van der Waals surface area contributed by atoms with Crippen LogP contribution in [0.5, 0.6) is 0 Å². The van der Waals surface area contributed by atoms with E-state index in [-0.39, 0.29) is 0 Å². The first-order chi connectivity index (χ1) is 6.86. The van der Waals surface area contributed by atoms with Crippen molar-refractivity contribution in [1.82, 2.24) is 0 Å². The summed E-state index contributed by atoms with van der Waals surface area (Å²) in [5.74, 6) is 1.33. The summed E-state index contributed by atoms with van der Waals surface area (Å²) in [6.45, 7) is 17.0. The van der Waals surface area contributed by atoms with Gasteiger partial charge in [-0.3, -0.25) is 0 Å². The number of rotatable bonds is 2. The standard InChI is InChI=1S/C14H23N/c1-8(2)12-10(5)7-11(6)13(9(3)4)14(12)15/h8-9,12H,5-7,15H2,1-4H3. The van der Waals surface area contributed by atoms with Crippen molar-refractivity contribution in [2.45, 2.75) is 34.1 Å². The molecule has 0 aromatic carbocycles. The van der Waals surface area contributed by atoms with Crippen LogP contribution < -0.4 is 5.73 Å². The van der Waals surface area contributed by atoms with Gasteiger partial charge in [0.15, 0.2) is 0 Å². The average molecular weight is 205 g/mol. The van der Waals surface area contributed by atoms with E-state index in [2.05, 4.69) is 40.9 Å². The second kappa shape index (κ2) is 4.26. The first-order valence-electron chi connectivity index (χ1n) is 5.71. The Balaban J connectivity index is 3.21. The molecule has 1 heteroatoms. The van der Waals surface area contributed by atoms with Gasteiger partial charge in [-0.15, -0.1) is 0 Å². The van der Waals surface area contributed by atoms with Gasteiger partial charge in [-0.2, -0.15) is 0 Å². The minimum Gasteiger partial charge on any atom is -0.401 e. The van der Waals surface area contributed by atoms with Gasteiger partial charge in [-0.25, -0.2) is 0 Å². The minimum absolute atomic E-state index is 0.341. The molecule has 1 nitrogen and oxygen atoms in total. The Bertz CT molecular complexity index is 318. The van der Waals surface area contributed by atoms with Gasteiger partial charge < -0.3 is 5.73 Å². The first-order valence-corrected chi connectivity index (χ1v) is 5.71. The Morgan fingerprint density at radius 2 is 1.73 bits per heavy atom. The maximum Gasteiger partial charge on any atom is 0.0221 e. The second-order valence-electron chi connectivity index (χ2n) is 5.18. The summed E-state index contributed by atoms with van der Waals surface area (Å²) >= 11 is 0. The Morgan fingerprint density at radius 3 is 2.13 bits per heavy atom. The van der Waals surface area contributed by atoms with E-state index in [4.69, 9.17) is 5.73 Å². The van der Waals surface area contributed by atoms with E-state index in [9.17, 15) is 0 Å². The Labute approximate surface area is 93.7 Å². The summed E-state index contributed by atoms with van der Waals surface area (Å²) in [6.07, 6.45) is 0.914. The number of allylic oxidation sites excluding steroid dienone is 3. The highest BCUT2D eigenvalue weighted by Crippen LogP contribution is 2.40. The van der Waals surface area contributed by atoms with E-state index in [1.54, 1.807) is 0 Å². The summed E-state index contributed by atoms with van der Waals surface area (Å²) in [5, 5.41) is 0. The SMILES string of the molecule is C=C1CC(=C)C(C(C)C)C(N)=C1C(C)C. The van der Waals surface area contributed by atoms with Gasteiger partial charge in [-0.05, 0) is 29.4 Å². The lowest BCUT2D eigenvalue weighted by Crippen LogP contribution is -2.27. The van der Waals surface area contributed by atoms with Gasteiger partial charge in [0.05, 0.1) is 0 Å². The van der Waals surface area contributed by atoms with Crippen LogP contribution in [0.2, 0.25) is 0 Å². The van der Waals surface area contributed by atoms with Crippen LogP contribution in [0.15, 0.2) is 35.6 Å². The van der Waals surface area contributed by atoms with Gasteiger partial charge in [0.25, 0.3) is 0 Å². The topological polar surface area (TPSA) is 26.0 Å². The molecule has 0 bridgehead atoms. The number of hydrogen-bond donors (Lipinski definition) is 1. The molecular formula is C14H23N. The Morgan fingerprint density at radius 1 is 1.20 bits per heavy atom. The van der Waals surface area contributed by atoms with Gasteiger partial charge in [-0.1, -0.05) is 46.4 Å². The molecule has 0 saturated carbocycles. The Kier molecular flexibility index (Phi) is 3.43. The van der Waals surface area contributed by atoms with Gasteiger partial charge in [0.2, 0.25) is 0 Å². The maximum atomic E-state index is 6.26. The van der Waals surface area contributed by atoms with Crippen LogP contribution in [0.4, 0.5) is 0 Å². The van der Waals surface area contributed by atoms with Crippen LogP contribution in [0.25, 0.3) is 0 Å². The van der Waals surface area contributed by atoms with Gasteiger partial charge in [0, 0.05) is 11.6 Å². The lowest BCUT2D eigenvalue weighted by Gasteiger charge is -2.34. The van der Waals surface area contributed by atoms with Crippen LogP contribution in [-0.2, 0) is 0 Å². The van der Waals surface area contributed by atoms with E-state index in [1.165, 1.54) is 11.1 Å². The molecule has 0 heterocycles. The molecule has 0 spiro atoms. The minimum atomic E-state index is 0.341. The third-order valence-electron chi connectivity index (χ3n) is 3.15. The summed E-state index contributed by atoms with van der Waals surface area (Å²) in [5.41, 5.74) is 10.9. The zero-order valence-electron chi connectivity index (χ0n) is 10.4. The lowest BCUT2D eigenvalue weighted by atomic mass is 9.73. The van der Waals surface area contributed by atoms with E-state index in [0.717, 1.165) is 17.7 Å². The fraction of sp³-hybridized carbons (Fsp3) is 0.571. The second-order valence-corrected chi connectivity index (χ2v) is 5.18. The average Bonchev–Trinajstić information content (AvgIpc) is 1.99. The first kappa shape index (κ1) is 12.1. The monoisotopic (exact) mass is 205 g/mol. The lowest BCUT2D eigenvalue weighted by molar-refractivity contribution is 0.471. The summed E-state index contributed by atoms with van der Waals surface area (Å²) in [6, 6.07) is 0.